The van der Waals surface area contributed by atoms with Gasteiger partial charge >= 0.3 is 0 Å². The molecule has 5 heteroatoms. The van der Waals surface area contributed by atoms with E-state index in [-0.39, 0.29) is 5.91 Å². The molecule has 0 aromatic carbocycles. The van der Waals surface area contributed by atoms with Crippen molar-refractivity contribution in [3.8, 4) is 0 Å². The summed E-state index contributed by atoms with van der Waals surface area (Å²) in [6.45, 7) is 0.915. The van der Waals surface area contributed by atoms with E-state index >= 15 is 0 Å². The van der Waals surface area contributed by atoms with Gasteiger partial charge in [-0.15, -0.1) is 0 Å². The number of hydrogen-bond donors (Lipinski definition) is 1. The van der Waals surface area contributed by atoms with Crippen molar-refractivity contribution < 1.29 is 9.59 Å². The second kappa shape index (κ2) is 4.41. The fourth-order valence-corrected chi connectivity index (χ4v) is 1.55. The molecule has 1 atom stereocenters. The number of rotatable bonds is 3. The number of primary amides is 1. The molecule has 1 aliphatic heterocycles. The lowest BCUT2D eigenvalue weighted by Gasteiger charge is -2.23. The van der Waals surface area contributed by atoms with Gasteiger partial charge in [-0.25, -0.2) is 0 Å². The zero-order valence-corrected chi connectivity index (χ0v) is 8.56. The summed E-state index contributed by atoms with van der Waals surface area (Å²) in [5.74, 6) is -0.498. The molecule has 1 saturated heterocycles. The van der Waals surface area contributed by atoms with Crippen LogP contribution in [-0.2, 0) is 9.59 Å². The number of likely N-dealkylation sites (tertiary alicyclic amines) is 1. The maximum absolute atomic E-state index is 11.6. The van der Waals surface area contributed by atoms with Crippen molar-refractivity contribution in [3.05, 3.63) is 6.42 Å². The fourth-order valence-electron chi connectivity index (χ4n) is 1.55. The molecule has 0 aromatic heterocycles. The van der Waals surface area contributed by atoms with Crippen LogP contribution >= 0.6 is 0 Å². The molecule has 5 nitrogen and oxygen atoms in total. The van der Waals surface area contributed by atoms with Gasteiger partial charge in [0.15, 0.2) is 0 Å². The second-order valence-corrected chi connectivity index (χ2v) is 3.70. The summed E-state index contributed by atoms with van der Waals surface area (Å²) >= 11 is 0. The van der Waals surface area contributed by atoms with E-state index in [1.54, 1.807) is 11.3 Å². The second-order valence-electron chi connectivity index (χ2n) is 3.70. The van der Waals surface area contributed by atoms with Crippen LogP contribution in [0.3, 0.4) is 0 Å². The highest BCUT2D eigenvalue weighted by molar-refractivity contribution is 5.89. The Morgan fingerprint density at radius 2 is 2.21 bits per heavy atom. The molecule has 1 fully saturated rings. The molecule has 14 heavy (non-hydrogen) atoms. The SMILES string of the molecule is CN(C)CC(=O)N1CC[CH][C@H]1C(N)=O. The third kappa shape index (κ3) is 2.45. The molecule has 2 N–H and O–H groups in total. The lowest BCUT2D eigenvalue weighted by Crippen LogP contribution is -2.46. The molecule has 0 spiro atoms. The molecular formula is C9H16N3O2. The van der Waals surface area contributed by atoms with Crippen LogP contribution in [0.5, 0.6) is 0 Å². The van der Waals surface area contributed by atoms with Gasteiger partial charge in [-0.05, 0) is 26.9 Å². The predicted octanol–water partition coefficient (Wildman–Crippen LogP) is -1.16. The maximum atomic E-state index is 11.6. The van der Waals surface area contributed by atoms with E-state index in [0.29, 0.717) is 13.1 Å². The molecule has 1 radical (unpaired) electrons. The first kappa shape index (κ1) is 11.0. The Morgan fingerprint density at radius 3 is 2.71 bits per heavy atom. The van der Waals surface area contributed by atoms with Gasteiger partial charge in [0.25, 0.3) is 0 Å². The Bertz CT molecular complexity index is 240. The van der Waals surface area contributed by atoms with E-state index in [1.165, 1.54) is 4.90 Å². The van der Waals surface area contributed by atoms with Crippen molar-refractivity contribution in [3.63, 3.8) is 0 Å². The number of carbonyl (C=O) groups excluding carboxylic acids is 2. The van der Waals surface area contributed by atoms with Gasteiger partial charge in [0.05, 0.1) is 6.54 Å². The van der Waals surface area contributed by atoms with Crippen LogP contribution in [-0.4, -0.2) is 54.8 Å². The molecular weight excluding hydrogens is 182 g/mol. The minimum Gasteiger partial charge on any atom is -0.368 e. The quantitative estimate of drug-likeness (QED) is 0.622. The molecule has 1 rings (SSSR count). The van der Waals surface area contributed by atoms with Crippen LogP contribution in [0, 0.1) is 6.42 Å². The van der Waals surface area contributed by atoms with Crippen molar-refractivity contribution in [2.24, 2.45) is 5.73 Å². The average Bonchev–Trinajstić information content (AvgIpc) is 2.49. The van der Waals surface area contributed by atoms with E-state index < -0.39 is 11.9 Å². The number of hydrogen-bond acceptors (Lipinski definition) is 3. The van der Waals surface area contributed by atoms with Crippen molar-refractivity contribution in [2.45, 2.75) is 12.5 Å². The summed E-state index contributed by atoms with van der Waals surface area (Å²) < 4.78 is 0. The standard InChI is InChI=1S/C9H16N3O2/c1-11(2)6-8(13)12-5-3-4-7(12)9(10)14/h4,7H,3,5-6H2,1-2H3,(H2,10,14)/t7-/m0/s1. The van der Waals surface area contributed by atoms with Gasteiger partial charge in [0.2, 0.25) is 11.8 Å². The Balaban J connectivity index is 2.58. The number of carbonyl (C=O) groups is 2. The zero-order valence-electron chi connectivity index (χ0n) is 8.56. The summed E-state index contributed by atoms with van der Waals surface area (Å²) in [7, 11) is 3.63. The molecule has 0 aromatic rings. The summed E-state index contributed by atoms with van der Waals surface area (Å²) in [5.41, 5.74) is 5.18. The van der Waals surface area contributed by atoms with E-state index in [0.717, 1.165) is 6.42 Å². The van der Waals surface area contributed by atoms with Gasteiger partial charge < -0.3 is 15.5 Å². The Hall–Kier alpha value is -1.10. The van der Waals surface area contributed by atoms with Gasteiger partial charge in [0.1, 0.15) is 6.04 Å². The van der Waals surface area contributed by atoms with Crippen molar-refractivity contribution in [1.29, 1.82) is 0 Å². The Kier molecular flexibility index (Phi) is 3.46. The molecule has 0 unspecified atom stereocenters. The summed E-state index contributed by atoms with van der Waals surface area (Å²) in [6.07, 6.45) is 2.53. The highest BCUT2D eigenvalue weighted by atomic mass is 16.2. The first-order valence-corrected chi connectivity index (χ1v) is 4.59. The van der Waals surface area contributed by atoms with Crippen LogP contribution in [0.1, 0.15) is 6.42 Å². The van der Waals surface area contributed by atoms with E-state index in [1.807, 2.05) is 14.1 Å². The van der Waals surface area contributed by atoms with Gasteiger partial charge in [-0.2, -0.15) is 0 Å². The van der Waals surface area contributed by atoms with E-state index in [4.69, 9.17) is 5.73 Å². The smallest absolute Gasteiger partial charge is 0.240 e. The van der Waals surface area contributed by atoms with Crippen LogP contribution < -0.4 is 5.73 Å². The summed E-state index contributed by atoms with van der Waals surface area (Å²) in [6, 6.07) is -0.512. The third-order valence-electron chi connectivity index (χ3n) is 2.16. The fraction of sp³-hybridized carbons (Fsp3) is 0.667. The Morgan fingerprint density at radius 1 is 1.57 bits per heavy atom. The largest absolute Gasteiger partial charge is 0.368 e. The van der Waals surface area contributed by atoms with Crippen molar-refractivity contribution in [2.75, 3.05) is 27.2 Å². The lowest BCUT2D eigenvalue weighted by atomic mass is 10.2. The zero-order chi connectivity index (χ0) is 10.7. The molecule has 79 valence electrons. The monoisotopic (exact) mass is 198 g/mol. The third-order valence-corrected chi connectivity index (χ3v) is 2.16. The summed E-state index contributed by atoms with van der Waals surface area (Å²) in [5, 5.41) is 0. The number of likely N-dealkylation sites (N-methyl/N-ethyl adjacent to an activating group) is 1. The molecule has 0 bridgehead atoms. The Labute approximate surface area is 83.8 Å². The van der Waals surface area contributed by atoms with E-state index in [9.17, 15) is 9.59 Å². The minimum absolute atomic E-state index is 0.0486. The molecule has 0 saturated carbocycles. The predicted molar refractivity (Wildman–Crippen MR) is 52.2 cm³/mol. The van der Waals surface area contributed by atoms with Crippen LogP contribution in [0.4, 0.5) is 0 Å². The first-order chi connectivity index (χ1) is 6.52. The first-order valence-electron chi connectivity index (χ1n) is 4.59. The van der Waals surface area contributed by atoms with Crippen LogP contribution in [0.25, 0.3) is 0 Å². The van der Waals surface area contributed by atoms with Gasteiger partial charge in [-0.3, -0.25) is 9.59 Å². The van der Waals surface area contributed by atoms with Crippen LogP contribution in [0.15, 0.2) is 0 Å². The summed E-state index contributed by atoms with van der Waals surface area (Å²) in [4.78, 5) is 25.9. The van der Waals surface area contributed by atoms with Gasteiger partial charge in [0, 0.05) is 6.54 Å². The minimum atomic E-state index is -0.512. The van der Waals surface area contributed by atoms with Crippen molar-refractivity contribution >= 4 is 11.8 Å². The highest BCUT2D eigenvalue weighted by Crippen LogP contribution is 2.15. The van der Waals surface area contributed by atoms with Crippen molar-refractivity contribution in [1.82, 2.24) is 9.80 Å². The number of amides is 2. The topological polar surface area (TPSA) is 66.6 Å². The van der Waals surface area contributed by atoms with Gasteiger partial charge in [-0.1, -0.05) is 0 Å². The number of nitrogens with zero attached hydrogens (tertiary/aromatic N) is 2. The molecule has 1 heterocycles. The highest BCUT2D eigenvalue weighted by Gasteiger charge is 2.32. The molecule has 0 aliphatic carbocycles. The normalized spacial score (nSPS) is 21.6. The number of nitrogens with two attached hydrogens (primary N) is 1. The molecule has 1 aliphatic rings. The lowest BCUT2D eigenvalue weighted by molar-refractivity contribution is -0.137. The van der Waals surface area contributed by atoms with E-state index in [2.05, 4.69) is 0 Å². The maximum Gasteiger partial charge on any atom is 0.240 e. The van der Waals surface area contributed by atoms with Crippen LogP contribution in [0.2, 0.25) is 0 Å². The average molecular weight is 198 g/mol. The molecule has 2 amide bonds.